The number of hydrogen-bond donors (Lipinski definition) is 2. The molecule has 1 aliphatic rings. The predicted octanol–water partition coefficient (Wildman–Crippen LogP) is 4.54. The molecule has 1 heterocycles. The van der Waals surface area contributed by atoms with E-state index in [2.05, 4.69) is 10.6 Å². The third kappa shape index (κ3) is 5.35. The second kappa shape index (κ2) is 10.6. The van der Waals surface area contributed by atoms with Gasteiger partial charge in [-0.05, 0) is 41.3 Å². The number of nitrogens with one attached hydrogen (secondary N) is 2. The number of nitrogens with zero attached hydrogens (tertiary/aromatic N) is 1. The number of anilines is 1. The third-order valence-corrected chi connectivity index (χ3v) is 6.14. The van der Waals surface area contributed by atoms with Crippen molar-refractivity contribution >= 4 is 29.3 Å². The maximum atomic E-state index is 13.7. The number of rotatable bonds is 9. The zero-order chi connectivity index (χ0) is 25.7. The minimum atomic E-state index is -1.30. The standard InChI is InChI=1S/C29H29N3O4/c1-20(2)17-26(34)30-24-15-13-22(14-16-24)25(33)19-32-27(35)29(31-28(32)36,23-11-7-4-8-12-23)18-21-9-5-3-6-10-21/h3-16,20H,17-19H2,1-2H3,(H,30,34)(H,31,36)/t29-/m1/s1. The van der Waals surface area contributed by atoms with Crippen molar-refractivity contribution in [1.29, 1.82) is 0 Å². The van der Waals surface area contributed by atoms with Gasteiger partial charge in [0.05, 0.1) is 6.54 Å². The molecule has 36 heavy (non-hydrogen) atoms. The highest BCUT2D eigenvalue weighted by atomic mass is 16.2. The summed E-state index contributed by atoms with van der Waals surface area (Å²) in [6, 6.07) is 24.4. The van der Waals surface area contributed by atoms with Gasteiger partial charge in [0.2, 0.25) is 5.91 Å². The summed E-state index contributed by atoms with van der Waals surface area (Å²) in [5.74, 6) is -0.699. The maximum Gasteiger partial charge on any atom is 0.325 e. The van der Waals surface area contributed by atoms with E-state index in [4.69, 9.17) is 0 Å². The number of Topliss-reactive ketones (excluding diaryl/α,β-unsaturated/α-hetero) is 1. The molecule has 1 aliphatic heterocycles. The lowest BCUT2D eigenvalue weighted by molar-refractivity contribution is -0.131. The largest absolute Gasteiger partial charge is 0.326 e. The lowest BCUT2D eigenvalue weighted by Crippen LogP contribution is -2.46. The zero-order valence-corrected chi connectivity index (χ0v) is 20.4. The van der Waals surface area contributed by atoms with E-state index in [9.17, 15) is 19.2 Å². The molecule has 3 aromatic carbocycles. The number of imide groups is 1. The van der Waals surface area contributed by atoms with Crippen molar-refractivity contribution < 1.29 is 19.2 Å². The molecule has 184 valence electrons. The lowest BCUT2D eigenvalue weighted by atomic mass is 9.83. The van der Waals surface area contributed by atoms with Crippen molar-refractivity contribution in [3.8, 4) is 0 Å². The van der Waals surface area contributed by atoms with Crippen molar-refractivity contribution in [3.63, 3.8) is 0 Å². The van der Waals surface area contributed by atoms with Gasteiger partial charge < -0.3 is 10.6 Å². The predicted molar refractivity (Wildman–Crippen MR) is 137 cm³/mol. The van der Waals surface area contributed by atoms with Crippen molar-refractivity contribution in [2.45, 2.75) is 32.2 Å². The number of urea groups is 1. The van der Waals surface area contributed by atoms with Crippen LogP contribution < -0.4 is 10.6 Å². The van der Waals surface area contributed by atoms with E-state index < -0.39 is 17.5 Å². The van der Waals surface area contributed by atoms with Crippen molar-refractivity contribution in [1.82, 2.24) is 10.2 Å². The van der Waals surface area contributed by atoms with Gasteiger partial charge in [0.1, 0.15) is 0 Å². The lowest BCUT2D eigenvalue weighted by Gasteiger charge is -2.27. The third-order valence-electron chi connectivity index (χ3n) is 6.14. The van der Waals surface area contributed by atoms with Crippen molar-refractivity contribution in [2.75, 3.05) is 11.9 Å². The first kappa shape index (κ1) is 24.9. The van der Waals surface area contributed by atoms with Gasteiger partial charge >= 0.3 is 6.03 Å². The highest BCUT2D eigenvalue weighted by molar-refractivity contribution is 6.11. The normalized spacial score (nSPS) is 17.2. The van der Waals surface area contributed by atoms with E-state index in [1.807, 2.05) is 62.4 Å². The highest BCUT2D eigenvalue weighted by Gasteiger charge is 2.52. The van der Waals surface area contributed by atoms with Crippen LogP contribution in [0.15, 0.2) is 84.9 Å². The topological polar surface area (TPSA) is 95.6 Å². The Bertz CT molecular complexity index is 1260. The van der Waals surface area contributed by atoms with Gasteiger partial charge in [0, 0.05) is 24.1 Å². The van der Waals surface area contributed by atoms with E-state index >= 15 is 0 Å². The maximum absolute atomic E-state index is 13.7. The summed E-state index contributed by atoms with van der Waals surface area (Å²) in [6.45, 7) is 3.54. The number of carbonyl (C=O) groups excluding carboxylic acids is 4. The molecule has 1 saturated heterocycles. The number of amides is 4. The molecular weight excluding hydrogens is 454 g/mol. The molecule has 0 bridgehead atoms. The minimum absolute atomic E-state index is 0.0981. The quantitative estimate of drug-likeness (QED) is 0.345. The summed E-state index contributed by atoms with van der Waals surface area (Å²) in [6.07, 6.45) is 0.664. The first-order valence-corrected chi connectivity index (χ1v) is 11.9. The Labute approximate surface area is 210 Å². The van der Waals surface area contributed by atoms with Crippen LogP contribution in [0, 0.1) is 5.92 Å². The Hall–Kier alpha value is -4.26. The second-order valence-corrected chi connectivity index (χ2v) is 9.40. The molecule has 2 N–H and O–H groups in total. The fourth-order valence-electron chi connectivity index (χ4n) is 4.37. The van der Waals surface area contributed by atoms with E-state index in [0.717, 1.165) is 10.5 Å². The van der Waals surface area contributed by atoms with Gasteiger partial charge in [-0.25, -0.2) is 4.79 Å². The van der Waals surface area contributed by atoms with Crippen LogP contribution in [0.2, 0.25) is 0 Å². The van der Waals surface area contributed by atoms with Crippen molar-refractivity contribution in [2.24, 2.45) is 5.92 Å². The average molecular weight is 484 g/mol. The van der Waals surface area contributed by atoms with Gasteiger partial charge in [-0.3, -0.25) is 19.3 Å². The molecule has 0 aliphatic carbocycles. The summed E-state index contributed by atoms with van der Waals surface area (Å²) in [4.78, 5) is 52.7. The molecule has 7 nitrogen and oxygen atoms in total. The monoisotopic (exact) mass is 483 g/mol. The number of carbonyl (C=O) groups is 4. The van der Waals surface area contributed by atoms with Crippen LogP contribution in [-0.4, -0.2) is 35.1 Å². The van der Waals surface area contributed by atoms with E-state index in [1.54, 1.807) is 36.4 Å². The number of benzene rings is 3. The Balaban J connectivity index is 1.53. The van der Waals surface area contributed by atoms with E-state index in [1.165, 1.54) is 0 Å². The van der Waals surface area contributed by atoms with Crippen LogP contribution in [-0.2, 0) is 21.5 Å². The molecule has 0 saturated carbocycles. The van der Waals surface area contributed by atoms with Gasteiger partial charge in [-0.1, -0.05) is 74.5 Å². The molecule has 0 unspecified atom stereocenters. The van der Waals surface area contributed by atoms with Crippen LogP contribution in [0.1, 0.15) is 41.8 Å². The SMILES string of the molecule is CC(C)CC(=O)Nc1ccc(C(=O)CN2C(=O)N[C@](Cc3ccccc3)(c3ccccc3)C2=O)cc1. The van der Waals surface area contributed by atoms with Crippen LogP contribution in [0.5, 0.6) is 0 Å². The molecule has 0 radical (unpaired) electrons. The number of hydrogen-bond acceptors (Lipinski definition) is 4. The summed E-state index contributed by atoms with van der Waals surface area (Å²) >= 11 is 0. The summed E-state index contributed by atoms with van der Waals surface area (Å²) in [7, 11) is 0. The molecule has 1 fully saturated rings. The van der Waals surface area contributed by atoms with Crippen molar-refractivity contribution in [3.05, 3.63) is 102 Å². The summed E-state index contributed by atoms with van der Waals surface area (Å²) in [5, 5.41) is 5.67. The Morgan fingerprint density at radius 1 is 0.889 bits per heavy atom. The molecule has 0 aromatic heterocycles. The van der Waals surface area contributed by atoms with Crippen LogP contribution in [0.4, 0.5) is 10.5 Å². The Morgan fingerprint density at radius 2 is 1.50 bits per heavy atom. The highest BCUT2D eigenvalue weighted by Crippen LogP contribution is 2.33. The van der Waals surface area contributed by atoms with E-state index in [-0.39, 0.29) is 30.6 Å². The molecule has 7 heteroatoms. The van der Waals surface area contributed by atoms with Crippen LogP contribution in [0.25, 0.3) is 0 Å². The molecule has 1 atom stereocenters. The average Bonchev–Trinajstić information content (AvgIpc) is 3.10. The molecule has 4 amide bonds. The smallest absolute Gasteiger partial charge is 0.325 e. The fraction of sp³-hybridized carbons (Fsp3) is 0.241. The van der Waals surface area contributed by atoms with Gasteiger partial charge in [-0.15, -0.1) is 0 Å². The fourth-order valence-corrected chi connectivity index (χ4v) is 4.37. The number of ketones is 1. The van der Waals surface area contributed by atoms with Gasteiger partial charge in [0.15, 0.2) is 11.3 Å². The van der Waals surface area contributed by atoms with Crippen LogP contribution >= 0.6 is 0 Å². The van der Waals surface area contributed by atoms with E-state index in [0.29, 0.717) is 23.2 Å². The molecule has 4 rings (SSSR count). The molecular formula is C29H29N3O4. The summed E-state index contributed by atoms with van der Waals surface area (Å²) < 4.78 is 0. The zero-order valence-electron chi connectivity index (χ0n) is 20.4. The van der Waals surface area contributed by atoms with Gasteiger partial charge in [0.25, 0.3) is 5.91 Å². The molecule has 0 spiro atoms. The Kier molecular flexibility index (Phi) is 7.29. The first-order valence-electron chi connectivity index (χ1n) is 11.9. The summed E-state index contributed by atoms with van der Waals surface area (Å²) in [5.41, 5.74) is 1.17. The minimum Gasteiger partial charge on any atom is -0.326 e. The second-order valence-electron chi connectivity index (χ2n) is 9.40. The van der Waals surface area contributed by atoms with Gasteiger partial charge in [-0.2, -0.15) is 0 Å². The van der Waals surface area contributed by atoms with Crippen LogP contribution in [0.3, 0.4) is 0 Å². The molecule has 3 aromatic rings. The first-order chi connectivity index (χ1) is 17.3. The Morgan fingerprint density at radius 3 is 2.11 bits per heavy atom.